The van der Waals surface area contributed by atoms with Crippen molar-refractivity contribution in [3.05, 3.63) is 65.2 Å². The maximum absolute atomic E-state index is 11.6. The topological polar surface area (TPSA) is 71.0 Å². The number of nitrogens with zero attached hydrogens (tertiary/aromatic N) is 2. The Labute approximate surface area is 196 Å². The molecule has 1 heterocycles. The van der Waals surface area contributed by atoms with Gasteiger partial charge >= 0.3 is 0 Å². The molecule has 0 bridgehead atoms. The van der Waals surface area contributed by atoms with Gasteiger partial charge in [0, 0.05) is 19.3 Å². The summed E-state index contributed by atoms with van der Waals surface area (Å²) in [6.45, 7) is 7.58. The molecular formula is C22H30IN3O3S. The second kappa shape index (κ2) is 11.1. The lowest BCUT2D eigenvalue weighted by atomic mass is 10.0. The van der Waals surface area contributed by atoms with E-state index in [1.165, 1.54) is 17.4 Å². The van der Waals surface area contributed by atoms with Gasteiger partial charge in [-0.1, -0.05) is 36.4 Å². The fourth-order valence-electron chi connectivity index (χ4n) is 3.41. The van der Waals surface area contributed by atoms with Crippen LogP contribution in [0.25, 0.3) is 0 Å². The number of aliphatic imine (C=N–C) groups is 1. The van der Waals surface area contributed by atoms with Gasteiger partial charge in [0.05, 0.1) is 24.6 Å². The van der Waals surface area contributed by atoms with Gasteiger partial charge in [-0.3, -0.25) is 0 Å². The molecule has 1 aliphatic rings. The number of benzene rings is 2. The van der Waals surface area contributed by atoms with Crippen LogP contribution in [0.2, 0.25) is 0 Å². The molecule has 1 saturated heterocycles. The molecule has 1 N–H and O–H groups in total. The lowest BCUT2D eigenvalue weighted by Gasteiger charge is -2.35. The van der Waals surface area contributed by atoms with Crippen LogP contribution in [0.3, 0.4) is 0 Å². The SMILES string of the molecule is CCNC(=NCc1ccc(S(C)(=O)=O)cc1)N1CCOC(c2ccccc2C)C1.I. The van der Waals surface area contributed by atoms with Crippen LogP contribution in [-0.2, 0) is 21.1 Å². The van der Waals surface area contributed by atoms with Crippen LogP contribution in [-0.4, -0.2) is 51.8 Å². The zero-order chi connectivity index (χ0) is 20.9. The third kappa shape index (κ3) is 6.42. The first-order chi connectivity index (χ1) is 13.9. The average Bonchev–Trinajstić information content (AvgIpc) is 2.71. The van der Waals surface area contributed by atoms with E-state index in [1.54, 1.807) is 12.1 Å². The Morgan fingerprint density at radius 1 is 1.20 bits per heavy atom. The number of sulfone groups is 1. The molecule has 0 aliphatic carbocycles. The third-order valence-electron chi connectivity index (χ3n) is 5.00. The predicted octanol–water partition coefficient (Wildman–Crippen LogP) is 3.56. The maximum atomic E-state index is 11.6. The van der Waals surface area contributed by atoms with Crippen molar-refractivity contribution in [3.63, 3.8) is 0 Å². The van der Waals surface area contributed by atoms with Gasteiger partial charge in [-0.25, -0.2) is 13.4 Å². The van der Waals surface area contributed by atoms with Crippen molar-refractivity contribution in [2.24, 2.45) is 4.99 Å². The first kappa shape index (κ1) is 24.6. The number of morpholine rings is 1. The van der Waals surface area contributed by atoms with E-state index in [2.05, 4.69) is 36.2 Å². The summed E-state index contributed by atoms with van der Waals surface area (Å²) in [5.74, 6) is 0.849. The standard InChI is InChI=1S/C22H29N3O3S.HI/c1-4-23-22(24-15-18-9-11-19(12-10-18)29(3,26)27)25-13-14-28-21(16-25)20-8-6-5-7-17(20)2;/h5-12,21H,4,13-16H2,1-3H3,(H,23,24);1H. The lowest BCUT2D eigenvalue weighted by Crippen LogP contribution is -2.48. The second-order valence-corrected chi connectivity index (χ2v) is 9.26. The zero-order valence-electron chi connectivity index (χ0n) is 17.7. The van der Waals surface area contributed by atoms with E-state index in [4.69, 9.17) is 9.73 Å². The summed E-state index contributed by atoms with van der Waals surface area (Å²) in [6.07, 6.45) is 1.23. The van der Waals surface area contributed by atoms with Crippen LogP contribution in [0, 0.1) is 6.92 Å². The molecule has 8 heteroatoms. The summed E-state index contributed by atoms with van der Waals surface area (Å²) in [5, 5.41) is 3.37. The molecule has 0 aromatic heterocycles. The fraction of sp³-hybridized carbons (Fsp3) is 0.409. The first-order valence-electron chi connectivity index (χ1n) is 9.88. The summed E-state index contributed by atoms with van der Waals surface area (Å²) in [7, 11) is -3.18. The quantitative estimate of drug-likeness (QED) is 0.355. The van der Waals surface area contributed by atoms with E-state index in [0.717, 1.165) is 31.2 Å². The zero-order valence-corrected chi connectivity index (χ0v) is 20.8. The molecule has 1 fully saturated rings. The van der Waals surface area contributed by atoms with Gasteiger partial charge in [0.25, 0.3) is 0 Å². The number of halogens is 1. The Kier molecular flexibility index (Phi) is 9.11. The molecule has 30 heavy (non-hydrogen) atoms. The Morgan fingerprint density at radius 2 is 1.90 bits per heavy atom. The van der Waals surface area contributed by atoms with Gasteiger partial charge in [0.1, 0.15) is 6.10 Å². The molecule has 2 aromatic rings. The second-order valence-electron chi connectivity index (χ2n) is 7.25. The van der Waals surface area contributed by atoms with Crippen molar-refractivity contribution in [3.8, 4) is 0 Å². The summed E-state index contributed by atoms with van der Waals surface area (Å²) in [5.41, 5.74) is 3.41. The molecule has 1 atom stereocenters. The van der Waals surface area contributed by atoms with Crippen molar-refractivity contribution in [1.82, 2.24) is 10.2 Å². The highest BCUT2D eigenvalue weighted by atomic mass is 127. The monoisotopic (exact) mass is 543 g/mol. The Bertz CT molecular complexity index is 962. The largest absolute Gasteiger partial charge is 0.370 e. The molecular weight excluding hydrogens is 513 g/mol. The number of nitrogens with one attached hydrogen (secondary N) is 1. The summed E-state index contributed by atoms with van der Waals surface area (Å²) < 4.78 is 29.3. The maximum Gasteiger partial charge on any atom is 0.194 e. The molecule has 6 nitrogen and oxygen atoms in total. The Morgan fingerprint density at radius 3 is 2.53 bits per heavy atom. The Hall–Kier alpha value is -1.65. The van der Waals surface area contributed by atoms with Crippen LogP contribution in [0.5, 0.6) is 0 Å². The van der Waals surface area contributed by atoms with E-state index in [-0.39, 0.29) is 30.1 Å². The predicted molar refractivity (Wildman–Crippen MR) is 131 cm³/mol. The summed E-state index contributed by atoms with van der Waals surface area (Å²) in [4.78, 5) is 7.33. The molecule has 0 amide bonds. The Balaban J connectivity index is 0.00000320. The number of rotatable bonds is 5. The summed E-state index contributed by atoms with van der Waals surface area (Å²) >= 11 is 0. The van der Waals surface area contributed by atoms with Gasteiger partial charge in [-0.2, -0.15) is 0 Å². The smallest absolute Gasteiger partial charge is 0.194 e. The van der Waals surface area contributed by atoms with Crippen LogP contribution >= 0.6 is 24.0 Å². The highest BCUT2D eigenvalue weighted by Gasteiger charge is 2.25. The average molecular weight is 543 g/mol. The van der Waals surface area contributed by atoms with E-state index >= 15 is 0 Å². The molecule has 164 valence electrons. The van der Waals surface area contributed by atoms with Crippen LogP contribution < -0.4 is 5.32 Å². The van der Waals surface area contributed by atoms with Crippen LogP contribution in [0.4, 0.5) is 0 Å². The van der Waals surface area contributed by atoms with Crippen molar-refractivity contribution in [2.75, 3.05) is 32.5 Å². The van der Waals surface area contributed by atoms with Crippen molar-refractivity contribution >= 4 is 39.8 Å². The minimum Gasteiger partial charge on any atom is -0.370 e. The molecule has 0 saturated carbocycles. The van der Waals surface area contributed by atoms with Crippen molar-refractivity contribution in [1.29, 1.82) is 0 Å². The van der Waals surface area contributed by atoms with E-state index in [0.29, 0.717) is 18.0 Å². The summed E-state index contributed by atoms with van der Waals surface area (Å²) in [6, 6.07) is 15.2. The molecule has 0 spiro atoms. The number of hydrogen-bond acceptors (Lipinski definition) is 4. The molecule has 1 unspecified atom stereocenters. The van der Waals surface area contributed by atoms with Gasteiger partial charge in [-0.05, 0) is 42.7 Å². The van der Waals surface area contributed by atoms with Gasteiger partial charge in [0.15, 0.2) is 15.8 Å². The number of aryl methyl sites for hydroxylation is 1. The van der Waals surface area contributed by atoms with Gasteiger partial charge in [0.2, 0.25) is 0 Å². The minimum atomic E-state index is -3.18. The van der Waals surface area contributed by atoms with E-state index in [9.17, 15) is 8.42 Å². The molecule has 1 aliphatic heterocycles. The highest BCUT2D eigenvalue weighted by Crippen LogP contribution is 2.25. The number of hydrogen-bond donors (Lipinski definition) is 1. The molecule has 2 aromatic carbocycles. The minimum absolute atomic E-state index is 0. The van der Waals surface area contributed by atoms with Crippen molar-refractivity contribution in [2.45, 2.75) is 31.4 Å². The number of ether oxygens (including phenoxy) is 1. The van der Waals surface area contributed by atoms with Gasteiger partial charge in [-0.15, -0.1) is 24.0 Å². The fourth-order valence-corrected chi connectivity index (χ4v) is 4.04. The van der Waals surface area contributed by atoms with E-state index < -0.39 is 9.84 Å². The van der Waals surface area contributed by atoms with E-state index in [1.807, 2.05) is 24.3 Å². The number of guanidine groups is 1. The molecule has 3 rings (SSSR count). The van der Waals surface area contributed by atoms with Crippen molar-refractivity contribution < 1.29 is 13.2 Å². The first-order valence-corrected chi connectivity index (χ1v) is 11.8. The van der Waals surface area contributed by atoms with Crippen LogP contribution in [0.15, 0.2) is 58.4 Å². The van der Waals surface area contributed by atoms with Gasteiger partial charge < -0.3 is 15.0 Å². The normalized spacial score (nSPS) is 17.4. The molecule has 0 radical (unpaired) electrons. The highest BCUT2D eigenvalue weighted by molar-refractivity contribution is 14.0. The van der Waals surface area contributed by atoms with Crippen LogP contribution in [0.1, 0.15) is 29.7 Å². The third-order valence-corrected chi connectivity index (χ3v) is 6.13. The lowest BCUT2D eigenvalue weighted by molar-refractivity contribution is -0.00834.